The molecule has 0 spiro atoms. The van der Waals surface area contributed by atoms with E-state index in [0.29, 0.717) is 10.9 Å². The normalized spacial score (nSPS) is 12.6. The van der Waals surface area contributed by atoms with Gasteiger partial charge in [-0.2, -0.15) is 13.2 Å². The number of methoxy groups -OCH3 is 1. The van der Waals surface area contributed by atoms with E-state index in [9.17, 15) is 23.1 Å². The fraction of sp³-hybridized carbons (Fsp3) is 0.471. The Morgan fingerprint density at radius 1 is 1.34 bits per heavy atom. The van der Waals surface area contributed by atoms with Crippen LogP contribution in [0.5, 0.6) is 5.75 Å². The number of aliphatic hydroxyl groups excluding tert-OH is 2. The molecule has 1 aromatic carbocycles. The molecule has 0 radical (unpaired) electrons. The van der Waals surface area contributed by atoms with Gasteiger partial charge in [0.05, 0.1) is 32.0 Å². The first kappa shape index (κ1) is 23.0. The topological polar surface area (TPSA) is 101 Å². The van der Waals surface area contributed by atoms with Crippen LogP contribution < -0.4 is 4.74 Å². The number of benzene rings is 1. The maximum Gasteiger partial charge on any atom is 0.390 e. The average molecular weight is 434 g/mol. The Kier molecular flexibility index (Phi) is 8.29. The number of carbonyl (C=O) groups is 1. The van der Waals surface area contributed by atoms with Crippen LogP contribution in [-0.4, -0.2) is 80.6 Å². The van der Waals surface area contributed by atoms with E-state index in [-0.39, 0.29) is 5.75 Å². The van der Waals surface area contributed by atoms with Gasteiger partial charge in [0.2, 0.25) is 5.91 Å². The molecule has 1 aromatic heterocycles. The van der Waals surface area contributed by atoms with Crippen molar-refractivity contribution in [3.8, 4) is 11.4 Å². The van der Waals surface area contributed by atoms with Crippen molar-refractivity contribution in [2.45, 2.75) is 23.9 Å². The highest BCUT2D eigenvalue weighted by molar-refractivity contribution is 7.99. The summed E-state index contributed by atoms with van der Waals surface area (Å²) >= 11 is 1.00. The van der Waals surface area contributed by atoms with Crippen LogP contribution in [0.25, 0.3) is 5.69 Å². The summed E-state index contributed by atoms with van der Waals surface area (Å²) in [7, 11) is 1.54. The number of aliphatic hydroxyl groups is 2. The summed E-state index contributed by atoms with van der Waals surface area (Å²) < 4.78 is 44.3. The number of rotatable bonds is 10. The molecular weight excluding hydrogens is 413 g/mol. The summed E-state index contributed by atoms with van der Waals surface area (Å²) in [6.07, 6.45) is -5.51. The molecule has 0 aliphatic rings. The molecule has 0 saturated carbocycles. The fourth-order valence-electron chi connectivity index (χ4n) is 2.35. The zero-order chi connectivity index (χ0) is 21.4. The van der Waals surface area contributed by atoms with Crippen molar-refractivity contribution in [3.63, 3.8) is 0 Å². The Bertz CT molecular complexity index is 786. The number of ether oxygens (including phenoxy) is 1. The van der Waals surface area contributed by atoms with Gasteiger partial charge in [-0.05, 0) is 24.3 Å². The number of alkyl halides is 3. The van der Waals surface area contributed by atoms with Crippen LogP contribution in [0.15, 0.2) is 35.7 Å². The van der Waals surface area contributed by atoms with Gasteiger partial charge < -0.3 is 19.8 Å². The van der Waals surface area contributed by atoms with Crippen molar-refractivity contribution >= 4 is 17.7 Å². The summed E-state index contributed by atoms with van der Waals surface area (Å²) in [6, 6.07) is 7.01. The molecule has 1 heterocycles. The number of amides is 1. The molecular formula is C17H21F3N4O4S. The highest BCUT2D eigenvalue weighted by Crippen LogP contribution is 2.23. The minimum Gasteiger partial charge on any atom is -0.497 e. The molecule has 12 heteroatoms. The van der Waals surface area contributed by atoms with E-state index < -0.39 is 44.3 Å². The Morgan fingerprint density at radius 3 is 2.62 bits per heavy atom. The lowest BCUT2D eigenvalue weighted by molar-refractivity contribution is -0.145. The monoisotopic (exact) mass is 434 g/mol. The zero-order valence-corrected chi connectivity index (χ0v) is 16.4. The number of thioether (sulfide) groups is 1. The largest absolute Gasteiger partial charge is 0.497 e. The third kappa shape index (κ3) is 7.22. The summed E-state index contributed by atoms with van der Waals surface area (Å²) in [6.45, 7) is -1.66. The van der Waals surface area contributed by atoms with Crippen LogP contribution in [0, 0.1) is 0 Å². The molecule has 0 aliphatic carbocycles. The van der Waals surface area contributed by atoms with Gasteiger partial charge in [-0.3, -0.25) is 9.36 Å². The van der Waals surface area contributed by atoms with Crippen LogP contribution >= 0.6 is 11.8 Å². The molecule has 8 nitrogen and oxygen atoms in total. The molecule has 0 bridgehead atoms. The van der Waals surface area contributed by atoms with Gasteiger partial charge in [0.15, 0.2) is 5.16 Å². The molecule has 2 rings (SSSR count). The standard InChI is InChI=1S/C17H21F3N4O4S/c1-28-14-4-2-12(3-5-14)24-11-21-22-16(24)29-10-15(27)23(8-13(26)9-25)7-6-17(18,19)20/h2-5,11,13,25-26H,6-10H2,1H3/t13-/m0/s1. The van der Waals surface area contributed by atoms with E-state index in [2.05, 4.69) is 10.2 Å². The molecule has 2 aromatic rings. The third-order valence-corrected chi connectivity index (χ3v) is 4.78. The van der Waals surface area contributed by atoms with Crippen LogP contribution in [-0.2, 0) is 4.79 Å². The van der Waals surface area contributed by atoms with Gasteiger partial charge in [-0.1, -0.05) is 11.8 Å². The highest BCUT2D eigenvalue weighted by atomic mass is 32.2. The molecule has 2 N–H and O–H groups in total. The number of hydrogen-bond donors (Lipinski definition) is 2. The molecule has 29 heavy (non-hydrogen) atoms. The van der Waals surface area contributed by atoms with Crippen molar-refractivity contribution < 1.29 is 32.9 Å². The van der Waals surface area contributed by atoms with Gasteiger partial charge in [-0.25, -0.2) is 0 Å². The maximum atomic E-state index is 12.5. The fourth-order valence-corrected chi connectivity index (χ4v) is 3.18. The smallest absolute Gasteiger partial charge is 0.390 e. The van der Waals surface area contributed by atoms with Crippen LogP contribution in [0.2, 0.25) is 0 Å². The Balaban J connectivity index is 2.04. The quantitative estimate of drug-likeness (QED) is 0.547. The first-order valence-corrected chi connectivity index (χ1v) is 9.52. The Labute approximate surface area is 169 Å². The van der Waals surface area contributed by atoms with Gasteiger partial charge in [0.1, 0.15) is 12.1 Å². The lowest BCUT2D eigenvalue weighted by atomic mass is 10.3. The number of halogens is 3. The molecule has 160 valence electrons. The first-order valence-electron chi connectivity index (χ1n) is 8.54. The first-order chi connectivity index (χ1) is 13.7. The van der Waals surface area contributed by atoms with Crippen LogP contribution in [0.1, 0.15) is 6.42 Å². The van der Waals surface area contributed by atoms with E-state index in [1.54, 1.807) is 35.9 Å². The maximum absolute atomic E-state index is 12.5. The summed E-state index contributed by atoms with van der Waals surface area (Å²) in [5.41, 5.74) is 0.718. The van der Waals surface area contributed by atoms with Crippen molar-refractivity contribution in [1.82, 2.24) is 19.7 Å². The average Bonchev–Trinajstić information content (AvgIpc) is 3.17. The summed E-state index contributed by atoms with van der Waals surface area (Å²) in [4.78, 5) is 13.3. The second-order valence-corrected chi connectivity index (χ2v) is 6.95. The molecule has 1 amide bonds. The van der Waals surface area contributed by atoms with Crippen LogP contribution in [0.3, 0.4) is 0 Å². The lowest BCUT2D eigenvalue weighted by Crippen LogP contribution is -2.41. The van der Waals surface area contributed by atoms with E-state index in [1.165, 1.54) is 6.33 Å². The van der Waals surface area contributed by atoms with Crippen molar-refractivity contribution in [3.05, 3.63) is 30.6 Å². The lowest BCUT2D eigenvalue weighted by Gasteiger charge is -2.25. The number of hydrogen-bond acceptors (Lipinski definition) is 7. The van der Waals surface area contributed by atoms with Gasteiger partial charge in [0, 0.05) is 18.8 Å². The van der Waals surface area contributed by atoms with Crippen LogP contribution in [0.4, 0.5) is 13.2 Å². The second-order valence-electron chi connectivity index (χ2n) is 6.01. The van der Waals surface area contributed by atoms with E-state index in [4.69, 9.17) is 9.84 Å². The molecule has 0 fully saturated rings. The summed E-state index contributed by atoms with van der Waals surface area (Å²) in [5.74, 6) is -0.157. The number of nitrogens with zero attached hydrogens (tertiary/aromatic N) is 4. The Morgan fingerprint density at radius 2 is 2.03 bits per heavy atom. The van der Waals surface area contributed by atoms with Crippen molar-refractivity contribution in [2.24, 2.45) is 0 Å². The van der Waals surface area contributed by atoms with Gasteiger partial charge >= 0.3 is 6.18 Å². The minimum atomic E-state index is -4.44. The van der Waals surface area contributed by atoms with Gasteiger partial charge in [-0.15, -0.1) is 10.2 Å². The third-order valence-electron chi connectivity index (χ3n) is 3.85. The second kappa shape index (κ2) is 10.5. The Hall–Kier alpha value is -2.31. The molecule has 0 saturated heterocycles. The van der Waals surface area contributed by atoms with Crippen molar-refractivity contribution in [1.29, 1.82) is 0 Å². The van der Waals surface area contributed by atoms with E-state index >= 15 is 0 Å². The molecule has 0 aliphatic heterocycles. The van der Waals surface area contributed by atoms with Crippen molar-refractivity contribution in [2.75, 3.05) is 32.6 Å². The zero-order valence-electron chi connectivity index (χ0n) is 15.5. The number of aromatic nitrogens is 3. The van der Waals surface area contributed by atoms with Gasteiger partial charge in [0.25, 0.3) is 0 Å². The SMILES string of the molecule is COc1ccc(-n2cnnc2SCC(=O)N(CCC(F)(F)F)C[C@H](O)CO)cc1. The molecule has 1 atom stereocenters. The minimum absolute atomic E-state index is 0.204. The van der Waals surface area contributed by atoms with E-state index in [0.717, 1.165) is 22.3 Å². The predicted molar refractivity (Wildman–Crippen MR) is 99.0 cm³/mol. The number of carbonyl (C=O) groups excluding carboxylic acids is 1. The van der Waals surface area contributed by atoms with E-state index in [1.807, 2.05) is 0 Å². The molecule has 0 unspecified atom stereocenters. The highest BCUT2D eigenvalue weighted by Gasteiger charge is 2.29. The predicted octanol–water partition coefficient (Wildman–Crippen LogP) is 1.50. The summed E-state index contributed by atoms with van der Waals surface area (Å²) in [5, 5.41) is 26.6.